The fourth-order valence-electron chi connectivity index (χ4n) is 2.15. The minimum atomic E-state index is 0.761. The Morgan fingerprint density at radius 3 is 2.80 bits per heavy atom. The molecular weight excluding hydrogens is 186 g/mol. The third kappa shape index (κ3) is 6.13. The van der Waals surface area contributed by atoms with E-state index in [4.69, 9.17) is 0 Å². The lowest BCUT2D eigenvalue weighted by Gasteiger charge is -2.17. The van der Waals surface area contributed by atoms with Gasteiger partial charge in [-0.1, -0.05) is 0 Å². The Hall–Kier alpha value is -0.120. The van der Waals surface area contributed by atoms with Gasteiger partial charge in [-0.15, -0.1) is 0 Å². The third-order valence-electron chi connectivity index (χ3n) is 3.17. The molecule has 15 heavy (non-hydrogen) atoms. The largest absolute Gasteiger partial charge is 0.314 e. The van der Waals surface area contributed by atoms with Gasteiger partial charge in [0.05, 0.1) is 0 Å². The van der Waals surface area contributed by atoms with E-state index in [2.05, 4.69) is 36.3 Å². The summed E-state index contributed by atoms with van der Waals surface area (Å²) in [4.78, 5) is 4.70. The lowest BCUT2D eigenvalue weighted by Crippen LogP contribution is -2.32. The monoisotopic (exact) mass is 213 g/mol. The first-order valence-electron chi connectivity index (χ1n) is 6.25. The van der Waals surface area contributed by atoms with Gasteiger partial charge < -0.3 is 15.1 Å². The Morgan fingerprint density at radius 2 is 2.07 bits per heavy atom. The van der Waals surface area contributed by atoms with Crippen molar-refractivity contribution in [2.24, 2.45) is 0 Å². The summed E-state index contributed by atoms with van der Waals surface area (Å²) < 4.78 is 0. The fraction of sp³-hybridized carbons (Fsp3) is 1.00. The molecule has 1 N–H and O–H groups in total. The summed E-state index contributed by atoms with van der Waals surface area (Å²) in [5.41, 5.74) is 0. The molecule has 0 amide bonds. The lowest BCUT2D eigenvalue weighted by molar-refractivity contribution is 0.341. The first-order valence-corrected chi connectivity index (χ1v) is 6.25. The zero-order valence-corrected chi connectivity index (χ0v) is 10.6. The summed E-state index contributed by atoms with van der Waals surface area (Å²) in [5, 5.41) is 3.68. The van der Waals surface area contributed by atoms with E-state index in [1.54, 1.807) is 0 Å². The maximum atomic E-state index is 3.68. The van der Waals surface area contributed by atoms with Crippen molar-refractivity contribution in [1.82, 2.24) is 15.1 Å². The summed E-state index contributed by atoms with van der Waals surface area (Å²) in [7, 11) is 6.51. The van der Waals surface area contributed by atoms with Gasteiger partial charge in [-0.2, -0.15) is 0 Å². The van der Waals surface area contributed by atoms with Crippen LogP contribution in [-0.2, 0) is 0 Å². The van der Waals surface area contributed by atoms with Crippen LogP contribution in [0, 0.1) is 0 Å². The SMILES string of the molecule is CN(C)CCCNC1CCCN(C)CC1. The van der Waals surface area contributed by atoms with Crippen LogP contribution in [0.15, 0.2) is 0 Å². The van der Waals surface area contributed by atoms with Crippen LogP contribution >= 0.6 is 0 Å². The standard InChI is InChI=1S/C12H27N3/c1-14(2)9-5-8-13-12-6-4-10-15(3)11-7-12/h12-13H,4-11H2,1-3H3. The normalized spacial score (nSPS) is 24.4. The molecular formula is C12H27N3. The highest BCUT2D eigenvalue weighted by molar-refractivity contribution is 4.73. The van der Waals surface area contributed by atoms with Gasteiger partial charge in [0.2, 0.25) is 0 Å². The molecule has 0 aromatic carbocycles. The number of nitrogens with one attached hydrogen (secondary N) is 1. The Kier molecular flexibility index (Phi) is 6.22. The number of hydrogen-bond acceptors (Lipinski definition) is 3. The molecule has 1 saturated heterocycles. The van der Waals surface area contributed by atoms with Gasteiger partial charge in [0, 0.05) is 6.04 Å². The average molecular weight is 213 g/mol. The third-order valence-corrected chi connectivity index (χ3v) is 3.17. The second-order valence-corrected chi connectivity index (χ2v) is 5.04. The Labute approximate surface area is 94.8 Å². The molecule has 0 aromatic heterocycles. The first-order chi connectivity index (χ1) is 7.18. The zero-order chi connectivity index (χ0) is 11.1. The number of nitrogens with zero attached hydrogens (tertiary/aromatic N) is 2. The number of likely N-dealkylation sites (tertiary alicyclic amines) is 1. The van der Waals surface area contributed by atoms with Crippen LogP contribution in [0.3, 0.4) is 0 Å². The molecule has 3 heteroatoms. The van der Waals surface area contributed by atoms with Crippen molar-refractivity contribution in [3.05, 3.63) is 0 Å². The van der Waals surface area contributed by atoms with Gasteiger partial charge in [-0.3, -0.25) is 0 Å². The molecule has 0 spiro atoms. The molecule has 1 aliphatic rings. The summed E-state index contributed by atoms with van der Waals surface area (Å²) in [6.45, 7) is 4.90. The summed E-state index contributed by atoms with van der Waals surface area (Å²) >= 11 is 0. The van der Waals surface area contributed by atoms with E-state index < -0.39 is 0 Å². The van der Waals surface area contributed by atoms with Crippen molar-refractivity contribution in [3.8, 4) is 0 Å². The van der Waals surface area contributed by atoms with E-state index in [1.165, 1.54) is 51.9 Å². The highest BCUT2D eigenvalue weighted by Crippen LogP contribution is 2.09. The minimum absolute atomic E-state index is 0.761. The molecule has 1 rings (SSSR count). The average Bonchev–Trinajstić information content (AvgIpc) is 2.38. The smallest absolute Gasteiger partial charge is 0.00797 e. The van der Waals surface area contributed by atoms with Gasteiger partial charge in [-0.25, -0.2) is 0 Å². The van der Waals surface area contributed by atoms with E-state index in [0.29, 0.717) is 0 Å². The lowest BCUT2D eigenvalue weighted by atomic mass is 10.1. The number of hydrogen-bond donors (Lipinski definition) is 1. The van der Waals surface area contributed by atoms with Crippen LogP contribution in [-0.4, -0.2) is 63.2 Å². The van der Waals surface area contributed by atoms with E-state index in [0.717, 1.165) is 6.04 Å². The fourth-order valence-corrected chi connectivity index (χ4v) is 2.15. The van der Waals surface area contributed by atoms with Crippen molar-refractivity contribution in [2.45, 2.75) is 31.7 Å². The molecule has 0 saturated carbocycles. The molecule has 3 nitrogen and oxygen atoms in total. The highest BCUT2D eigenvalue weighted by atomic mass is 15.1. The topological polar surface area (TPSA) is 18.5 Å². The number of rotatable bonds is 5. The van der Waals surface area contributed by atoms with Crippen LogP contribution in [0.4, 0.5) is 0 Å². The predicted octanol–water partition coefficient (Wildman–Crippen LogP) is 1.01. The van der Waals surface area contributed by atoms with E-state index in [9.17, 15) is 0 Å². The van der Waals surface area contributed by atoms with Crippen molar-refractivity contribution < 1.29 is 0 Å². The van der Waals surface area contributed by atoms with Crippen LogP contribution in [0.5, 0.6) is 0 Å². The molecule has 1 heterocycles. The quantitative estimate of drug-likeness (QED) is 0.688. The van der Waals surface area contributed by atoms with Gasteiger partial charge in [0.25, 0.3) is 0 Å². The van der Waals surface area contributed by atoms with Crippen LogP contribution in [0.2, 0.25) is 0 Å². The minimum Gasteiger partial charge on any atom is -0.314 e. The first kappa shape index (κ1) is 12.9. The highest BCUT2D eigenvalue weighted by Gasteiger charge is 2.13. The second-order valence-electron chi connectivity index (χ2n) is 5.04. The van der Waals surface area contributed by atoms with Gasteiger partial charge in [0.15, 0.2) is 0 Å². The van der Waals surface area contributed by atoms with Crippen molar-refractivity contribution in [1.29, 1.82) is 0 Å². The van der Waals surface area contributed by atoms with Gasteiger partial charge in [0.1, 0.15) is 0 Å². The van der Waals surface area contributed by atoms with Crippen LogP contribution in [0.1, 0.15) is 25.7 Å². The molecule has 0 bridgehead atoms. The molecule has 1 aliphatic heterocycles. The van der Waals surface area contributed by atoms with Gasteiger partial charge >= 0.3 is 0 Å². The van der Waals surface area contributed by atoms with E-state index in [-0.39, 0.29) is 0 Å². The maximum absolute atomic E-state index is 3.68. The van der Waals surface area contributed by atoms with Gasteiger partial charge in [-0.05, 0) is 73.0 Å². The van der Waals surface area contributed by atoms with Crippen molar-refractivity contribution in [2.75, 3.05) is 47.3 Å². The zero-order valence-electron chi connectivity index (χ0n) is 10.6. The molecule has 0 radical (unpaired) electrons. The second kappa shape index (κ2) is 7.20. The van der Waals surface area contributed by atoms with Crippen molar-refractivity contribution >= 4 is 0 Å². The Morgan fingerprint density at radius 1 is 1.27 bits per heavy atom. The van der Waals surface area contributed by atoms with E-state index >= 15 is 0 Å². The Bertz CT molecular complexity index is 159. The Balaban J connectivity index is 2.05. The summed E-state index contributed by atoms with van der Waals surface area (Å²) in [5.74, 6) is 0. The van der Waals surface area contributed by atoms with Crippen LogP contribution in [0.25, 0.3) is 0 Å². The molecule has 0 aliphatic carbocycles. The maximum Gasteiger partial charge on any atom is 0.00797 e. The summed E-state index contributed by atoms with van der Waals surface area (Å²) in [6, 6.07) is 0.761. The predicted molar refractivity (Wildman–Crippen MR) is 66.3 cm³/mol. The molecule has 0 aromatic rings. The summed E-state index contributed by atoms with van der Waals surface area (Å²) in [6.07, 6.45) is 5.28. The molecule has 90 valence electrons. The van der Waals surface area contributed by atoms with Crippen molar-refractivity contribution in [3.63, 3.8) is 0 Å². The molecule has 1 unspecified atom stereocenters. The van der Waals surface area contributed by atoms with Crippen LogP contribution < -0.4 is 5.32 Å². The van der Waals surface area contributed by atoms with E-state index in [1.807, 2.05) is 0 Å². The molecule has 1 fully saturated rings. The molecule has 1 atom stereocenters.